The highest BCUT2D eigenvalue weighted by Gasteiger charge is 1.93. The van der Waals surface area contributed by atoms with Crippen molar-refractivity contribution < 1.29 is 59.4 Å². The third-order valence-electron chi connectivity index (χ3n) is 2.81. The van der Waals surface area contributed by atoms with Crippen molar-refractivity contribution in [3.05, 3.63) is 0 Å². The van der Waals surface area contributed by atoms with E-state index in [1.165, 1.54) is 0 Å². The highest BCUT2D eigenvalue weighted by atomic mass is 16.4. The van der Waals surface area contributed by atoms with Gasteiger partial charge in [-0.3, -0.25) is 28.8 Å². The number of rotatable bonds is 11. The van der Waals surface area contributed by atoms with Crippen LogP contribution >= 0.6 is 0 Å². The van der Waals surface area contributed by atoms with E-state index in [1.54, 1.807) is 13.8 Å². The molecule has 12 nitrogen and oxygen atoms in total. The Balaban J connectivity index is -0.0000000732. The fraction of sp³-hybridized carbons (Fsp3) is 0.739. The van der Waals surface area contributed by atoms with E-state index < -0.39 is 35.8 Å². The second-order valence-electron chi connectivity index (χ2n) is 6.51. The van der Waals surface area contributed by atoms with Gasteiger partial charge in [-0.25, -0.2) is 0 Å². The molecule has 0 atom stereocenters. The van der Waals surface area contributed by atoms with Crippen LogP contribution in [0.4, 0.5) is 0 Å². The second-order valence-corrected chi connectivity index (χ2v) is 6.51. The summed E-state index contributed by atoms with van der Waals surface area (Å²) >= 11 is 0. The van der Waals surface area contributed by atoms with Crippen molar-refractivity contribution >= 4 is 35.8 Å². The summed E-state index contributed by atoms with van der Waals surface area (Å²) in [5.41, 5.74) is 0. The van der Waals surface area contributed by atoms with Crippen molar-refractivity contribution in [2.75, 3.05) is 0 Å². The van der Waals surface area contributed by atoms with Crippen LogP contribution in [0.5, 0.6) is 0 Å². The topological polar surface area (TPSA) is 224 Å². The van der Waals surface area contributed by atoms with Crippen LogP contribution in [0.15, 0.2) is 0 Å². The summed E-state index contributed by atoms with van der Waals surface area (Å²) in [5.74, 6) is -4.41. The van der Waals surface area contributed by atoms with E-state index >= 15 is 0 Å². The quantitative estimate of drug-likeness (QED) is 0.204. The van der Waals surface area contributed by atoms with Crippen LogP contribution in [-0.4, -0.2) is 66.5 Å². The average molecular weight is 515 g/mol. The number of carboxylic acid groups (broad SMARTS) is 6. The first-order valence-corrected chi connectivity index (χ1v) is 11.4. The predicted molar refractivity (Wildman–Crippen MR) is 131 cm³/mol. The molecule has 0 spiro atoms. The maximum Gasteiger partial charge on any atom is 0.303 e. The van der Waals surface area contributed by atoms with Crippen molar-refractivity contribution in [1.29, 1.82) is 0 Å². The first-order valence-electron chi connectivity index (χ1n) is 11.4. The van der Waals surface area contributed by atoms with Gasteiger partial charge < -0.3 is 30.6 Å². The third kappa shape index (κ3) is 156. The van der Waals surface area contributed by atoms with E-state index in [4.69, 9.17) is 35.4 Å². The third-order valence-corrected chi connectivity index (χ3v) is 2.81. The zero-order valence-electron chi connectivity index (χ0n) is 21.9. The normalized spacial score (nSPS) is 8.06. The standard InChI is InChI=1S/C6H12O2.C5H10O2.C4H8O2.2C3H6O2.C2H4O2/c1-2-3-4-5-6(7)8;1-2-3-4-5(6)7;1-2-3-4(5)6;2*1-2-3(4)5;1-2(3)4/h2-5H2,1H3,(H,7,8);2-4H2,1H3,(H,6,7);2-3H2,1H3,(H,5,6);2*2H2,1H3,(H,4,5);1H3,(H,3,4). The molecule has 6 N–H and O–H groups in total. The van der Waals surface area contributed by atoms with Gasteiger partial charge in [-0.15, -0.1) is 0 Å². The number of hydrogen-bond acceptors (Lipinski definition) is 6. The molecule has 0 amide bonds. The molecule has 0 saturated heterocycles. The maximum atomic E-state index is 9.87. The van der Waals surface area contributed by atoms with Gasteiger partial charge in [0.2, 0.25) is 0 Å². The Morgan fingerprint density at radius 2 is 0.686 bits per heavy atom. The lowest BCUT2D eigenvalue weighted by molar-refractivity contribution is -0.138. The molecular formula is C23H46O12. The Kier molecular flexibility index (Phi) is 53.3. The molecule has 210 valence electrons. The van der Waals surface area contributed by atoms with E-state index in [1.807, 2.05) is 13.8 Å². The first-order chi connectivity index (χ1) is 16.1. The number of aliphatic carboxylic acids is 6. The molecule has 0 aromatic rings. The minimum Gasteiger partial charge on any atom is -0.481 e. The van der Waals surface area contributed by atoms with Crippen molar-refractivity contribution in [1.82, 2.24) is 0 Å². The van der Waals surface area contributed by atoms with Crippen LogP contribution in [0.25, 0.3) is 0 Å². The number of unbranched alkanes of at least 4 members (excludes halogenated alkanes) is 3. The van der Waals surface area contributed by atoms with Crippen molar-refractivity contribution in [2.24, 2.45) is 0 Å². The minimum atomic E-state index is -0.833. The number of carboxylic acids is 6. The molecule has 0 aromatic carbocycles. The predicted octanol–water partition coefficient (Wildman–Crippen LogP) is 4.84. The summed E-state index contributed by atoms with van der Waals surface area (Å²) in [6.45, 7) is 10.2. The van der Waals surface area contributed by atoms with E-state index in [0.717, 1.165) is 45.4 Å². The van der Waals surface area contributed by atoms with E-state index in [-0.39, 0.29) is 12.8 Å². The zero-order valence-corrected chi connectivity index (χ0v) is 21.9. The molecule has 0 fully saturated rings. The van der Waals surface area contributed by atoms with Gasteiger partial charge in [-0.1, -0.05) is 53.9 Å². The molecule has 35 heavy (non-hydrogen) atoms. The van der Waals surface area contributed by atoms with Crippen LogP contribution < -0.4 is 0 Å². The zero-order chi connectivity index (χ0) is 29.2. The van der Waals surface area contributed by atoms with Crippen LogP contribution in [0, 0.1) is 0 Å². The number of hydrogen-bond donors (Lipinski definition) is 6. The summed E-state index contributed by atoms with van der Waals surface area (Å²) < 4.78 is 0. The summed E-state index contributed by atoms with van der Waals surface area (Å²) in [6.07, 6.45) is 6.83. The van der Waals surface area contributed by atoms with E-state index in [0.29, 0.717) is 19.3 Å². The van der Waals surface area contributed by atoms with Gasteiger partial charge in [0.05, 0.1) is 0 Å². The Hall–Kier alpha value is -3.18. The highest BCUT2D eigenvalue weighted by molar-refractivity contribution is 5.67. The Morgan fingerprint density at radius 1 is 0.429 bits per heavy atom. The average Bonchev–Trinajstić information content (AvgIpc) is 2.73. The molecule has 0 aliphatic carbocycles. The van der Waals surface area contributed by atoms with Crippen molar-refractivity contribution in [3.8, 4) is 0 Å². The van der Waals surface area contributed by atoms with Crippen LogP contribution in [0.2, 0.25) is 0 Å². The van der Waals surface area contributed by atoms with Crippen LogP contribution in [-0.2, 0) is 28.8 Å². The number of carbonyl (C=O) groups is 6. The summed E-state index contributed by atoms with van der Waals surface area (Å²) in [6, 6.07) is 0. The molecule has 0 heterocycles. The molecule has 12 heteroatoms. The van der Waals surface area contributed by atoms with E-state index in [2.05, 4.69) is 6.92 Å². The summed E-state index contributed by atoms with van der Waals surface area (Å²) in [4.78, 5) is 57.0. The van der Waals surface area contributed by atoms with Gasteiger partial charge >= 0.3 is 29.8 Å². The van der Waals surface area contributed by atoms with Gasteiger partial charge in [0.25, 0.3) is 5.97 Å². The molecular weight excluding hydrogens is 468 g/mol. The van der Waals surface area contributed by atoms with Gasteiger partial charge in [-0.2, -0.15) is 0 Å². The Labute approximate surface area is 208 Å². The molecule has 0 unspecified atom stereocenters. The lowest BCUT2D eigenvalue weighted by Crippen LogP contribution is -1.92. The monoisotopic (exact) mass is 514 g/mol. The maximum absolute atomic E-state index is 9.87. The molecule has 0 radical (unpaired) electrons. The molecule has 0 aromatic heterocycles. The van der Waals surface area contributed by atoms with Crippen molar-refractivity contribution in [2.45, 2.75) is 112 Å². The smallest absolute Gasteiger partial charge is 0.303 e. The fourth-order valence-electron chi connectivity index (χ4n) is 1.07. The molecule has 0 aliphatic rings. The van der Waals surface area contributed by atoms with E-state index in [9.17, 15) is 24.0 Å². The van der Waals surface area contributed by atoms with Gasteiger partial charge in [-0.05, 0) is 19.3 Å². The molecule has 0 saturated carbocycles. The summed E-state index contributed by atoms with van der Waals surface area (Å²) in [5, 5.41) is 47.0. The summed E-state index contributed by atoms with van der Waals surface area (Å²) in [7, 11) is 0. The lowest BCUT2D eigenvalue weighted by atomic mass is 10.2. The van der Waals surface area contributed by atoms with Gasteiger partial charge in [0.15, 0.2) is 0 Å². The molecule has 0 bridgehead atoms. The Morgan fingerprint density at radius 3 is 0.800 bits per heavy atom. The second kappa shape index (κ2) is 41.1. The highest BCUT2D eigenvalue weighted by Crippen LogP contribution is 1.97. The SMILES string of the molecule is CC(=O)O.CCC(=O)O.CCC(=O)O.CCCC(=O)O.CCCCC(=O)O.CCCCCC(=O)O. The van der Waals surface area contributed by atoms with Gasteiger partial charge in [0.1, 0.15) is 0 Å². The first kappa shape index (κ1) is 45.3. The van der Waals surface area contributed by atoms with Crippen LogP contribution in [0.3, 0.4) is 0 Å². The molecule has 0 rings (SSSR count). The largest absolute Gasteiger partial charge is 0.481 e. The molecule has 0 aliphatic heterocycles. The lowest BCUT2D eigenvalue weighted by Gasteiger charge is -1.89. The fourth-order valence-corrected chi connectivity index (χ4v) is 1.07. The minimum absolute atomic E-state index is 0.222. The Bertz CT molecular complexity index is 513. The van der Waals surface area contributed by atoms with Gasteiger partial charge in [0, 0.05) is 39.0 Å². The van der Waals surface area contributed by atoms with Crippen LogP contribution in [0.1, 0.15) is 112 Å². The van der Waals surface area contributed by atoms with Crippen molar-refractivity contribution in [3.63, 3.8) is 0 Å².